The summed E-state index contributed by atoms with van der Waals surface area (Å²) in [6, 6.07) is 9.85. The highest BCUT2D eigenvalue weighted by Gasteiger charge is 2.33. The van der Waals surface area contributed by atoms with E-state index in [0.717, 1.165) is 25.3 Å². The van der Waals surface area contributed by atoms with Crippen LogP contribution in [0.2, 0.25) is 0 Å². The molecule has 1 aliphatic heterocycles. The average Bonchev–Trinajstić information content (AvgIpc) is 2.80. The van der Waals surface area contributed by atoms with E-state index in [4.69, 9.17) is 0 Å². The normalized spacial score (nSPS) is 18.4. The second-order valence-electron chi connectivity index (χ2n) is 8.82. The van der Waals surface area contributed by atoms with Crippen molar-refractivity contribution in [2.24, 2.45) is 5.92 Å². The van der Waals surface area contributed by atoms with E-state index in [9.17, 15) is 22.4 Å². The molecule has 1 heterocycles. The molecule has 2 amide bonds. The molecule has 2 N–H and O–H groups in total. The first kappa shape index (κ1) is 25.7. The summed E-state index contributed by atoms with van der Waals surface area (Å²) in [7, 11) is -4.03. The number of halogens is 1. The average molecular weight is 490 g/mol. The van der Waals surface area contributed by atoms with Crippen molar-refractivity contribution in [2.45, 2.75) is 57.4 Å². The third-order valence-corrected chi connectivity index (χ3v) is 7.54. The lowest BCUT2D eigenvalue weighted by Crippen LogP contribution is -2.49. The van der Waals surface area contributed by atoms with Crippen molar-refractivity contribution < 1.29 is 22.4 Å². The highest BCUT2D eigenvalue weighted by Crippen LogP contribution is 2.25. The van der Waals surface area contributed by atoms with Crippen molar-refractivity contribution in [3.63, 3.8) is 0 Å². The lowest BCUT2D eigenvalue weighted by molar-refractivity contribution is -0.126. The van der Waals surface area contributed by atoms with Gasteiger partial charge in [-0.25, -0.2) is 12.8 Å². The summed E-state index contributed by atoms with van der Waals surface area (Å²) in [6.45, 7) is 6.50. The van der Waals surface area contributed by atoms with Crippen LogP contribution in [0.1, 0.15) is 55.5 Å². The number of nitrogens with one attached hydrogen (secondary N) is 2. The molecule has 0 bridgehead atoms. The molecule has 2 atom stereocenters. The maximum Gasteiger partial charge on any atom is 0.261 e. The summed E-state index contributed by atoms with van der Waals surface area (Å²) < 4.78 is 41.7. The number of unbranched alkanes of at least 4 members (excludes halogenated alkanes) is 1. The number of hydrogen-bond acceptors (Lipinski definition) is 4. The van der Waals surface area contributed by atoms with E-state index < -0.39 is 15.8 Å². The topological polar surface area (TPSA) is 95.6 Å². The maximum absolute atomic E-state index is 13.9. The van der Waals surface area contributed by atoms with Crippen LogP contribution in [0.15, 0.2) is 47.4 Å². The molecule has 184 valence electrons. The van der Waals surface area contributed by atoms with Gasteiger partial charge in [0.15, 0.2) is 0 Å². The van der Waals surface area contributed by atoms with Gasteiger partial charge in [-0.05, 0) is 69.0 Å². The summed E-state index contributed by atoms with van der Waals surface area (Å²) in [6.07, 6.45) is 3.33. The van der Waals surface area contributed by atoms with Crippen molar-refractivity contribution >= 4 is 27.5 Å². The fourth-order valence-corrected chi connectivity index (χ4v) is 5.03. The first-order valence-corrected chi connectivity index (χ1v) is 13.1. The van der Waals surface area contributed by atoms with Crippen LogP contribution < -0.4 is 10.0 Å². The van der Waals surface area contributed by atoms with E-state index in [2.05, 4.69) is 17.0 Å². The van der Waals surface area contributed by atoms with E-state index in [1.165, 1.54) is 24.3 Å². The van der Waals surface area contributed by atoms with Crippen LogP contribution in [0.4, 0.5) is 10.1 Å². The van der Waals surface area contributed by atoms with E-state index in [0.29, 0.717) is 30.6 Å². The van der Waals surface area contributed by atoms with Crippen molar-refractivity contribution in [2.75, 3.05) is 17.8 Å². The van der Waals surface area contributed by atoms with Gasteiger partial charge in [-0.2, -0.15) is 0 Å². The summed E-state index contributed by atoms with van der Waals surface area (Å²) in [5.41, 5.74) is 0.860. The van der Waals surface area contributed by atoms with Crippen molar-refractivity contribution in [3.05, 3.63) is 59.4 Å². The molecule has 34 heavy (non-hydrogen) atoms. The number of aryl methyl sites for hydroxylation is 1. The largest absolute Gasteiger partial charge is 0.356 e. The van der Waals surface area contributed by atoms with E-state index >= 15 is 0 Å². The number of likely N-dealkylation sites (tertiary alicyclic amines) is 1. The van der Waals surface area contributed by atoms with Gasteiger partial charge in [0.25, 0.3) is 15.9 Å². The molecule has 3 rings (SSSR count). The molecule has 0 aromatic heterocycles. The Labute approximate surface area is 200 Å². The smallest absolute Gasteiger partial charge is 0.261 e. The van der Waals surface area contributed by atoms with Crippen LogP contribution in [0, 0.1) is 18.7 Å². The zero-order chi connectivity index (χ0) is 24.9. The van der Waals surface area contributed by atoms with Crippen LogP contribution in [-0.4, -0.2) is 44.3 Å². The van der Waals surface area contributed by atoms with Crippen molar-refractivity contribution in [1.82, 2.24) is 10.2 Å². The Kier molecular flexibility index (Phi) is 8.30. The Morgan fingerprint density at radius 1 is 1.15 bits per heavy atom. The number of hydrogen-bond donors (Lipinski definition) is 2. The molecule has 2 aromatic rings. The van der Waals surface area contributed by atoms with E-state index in [-0.39, 0.29) is 34.4 Å². The fourth-order valence-electron chi connectivity index (χ4n) is 3.97. The minimum Gasteiger partial charge on any atom is -0.356 e. The number of anilines is 1. The number of carbonyl (C=O) groups is 2. The number of benzene rings is 2. The van der Waals surface area contributed by atoms with Crippen LogP contribution in [0.3, 0.4) is 0 Å². The zero-order valence-electron chi connectivity index (χ0n) is 19.8. The molecule has 0 radical (unpaired) electrons. The van der Waals surface area contributed by atoms with Gasteiger partial charge >= 0.3 is 0 Å². The lowest BCUT2D eigenvalue weighted by atomic mass is 9.92. The minimum atomic E-state index is -4.03. The monoisotopic (exact) mass is 489 g/mol. The second kappa shape index (κ2) is 11.0. The van der Waals surface area contributed by atoms with Gasteiger partial charge < -0.3 is 10.2 Å². The quantitative estimate of drug-likeness (QED) is 0.546. The minimum absolute atomic E-state index is 0.0370. The maximum atomic E-state index is 13.9. The Hall–Kier alpha value is -2.94. The number of sulfonamides is 1. The lowest BCUT2D eigenvalue weighted by Gasteiger charge is -2.37. The van der Waals surface area contributed by atoms with E-state index in [1.54, 1.807) is 24.0 Å². The number of rotatable bonds is 8. The predicted octanol–water partition coefficient (Wildman–Crippen LogP) is 4.09. The second-order valence-corrected chi connectivity index (χ2v) is 10.5. The Morgan fingerprint density at radius 3 is 2.62 bits per heavy atom. The SMILES string of the molecule is CCCCNC(=O)C1CCC(C)N(C(=O)c2cccc(NS(=O)(=O)c3ccc(C)c(F)c3)c2)C1. The van der Waals surface area contributed by atoms with Crippen molar-refractivity contribution in [1.29, 1.82) is 0 Å². The van der Waals surface area contributed by atoms with Gasteiger partial charge in [0.05, 0.1) is 10.8 Å². The van der Waals surface area contributed by atoms with Crippen LogP contribution in [0.25, 0.3) is 0 Å². The molecular formula is C25H32FN3O4S. The van der Waals surface area contributed by atoms with Gasteiger partial charge in [0.2, 0.25) is 5.91 Å². The summed E-state index contributed by atoms with van der Waals surface area (Å²) >= 11 is 0. The number of nitrogens with zero attached hydrogens (tertiary/aromatic N) is 1. The Balaban J connectivity index is 1.74. The Morgan fingerprint density at radius 2 is 1.91 bits per heavy atom. The number of amides is 2. The molecule has 2 unspecified atom stereocenters. The van der Waals surface area contributed by atoms with Gasteiger partial charge in [-0.1, -0.05) is 25.5 Å². The van der Waals surface area contributed by atoms with Crippen LogP contribution in [0.5, 0.6) is 0 Å². The third kappa shape index (κ3) is 6.14. The Bertz CT molecular complexity index is 1150. The molecule has 1 fully saturated rings. The van der Waals surface area contributed by atoms with Crippen molar-refractivity contribution in [3.8, 4) is 0 Å². The fraction of sp³-hybridized carbons (Fsp3) is 0.440. The molecule has 7 nitrogen and oxygen atoms in total. The molecule has 2 aromatic carbocycles. The first-order valence-electron chi connectivity index (χ1n) is 11.6. The molecule has 1 saturated heterocycles. The van der Waals surface area contributed by atoms with Crippen LogP contribution >= 0.6 is 0 Å². The summed E-state index contributed by atoms with van der Waals surface area (Å²) in [5, 5.41) is 2.94. The van der Waals surface area contributed by atoms with Gasteiger partial charge in [-0.15, -0.1) is 0 Å². The summed E-state index contributed by atoms with van der Waals surface area (Å²) in [4.78, 5) is 27.3. The molecular weight excluding hydrogens is 457 g/mol. The number of piperidine rings is 1. The zero-order valence-corrected chi connectivity index (χ0v) is 20.6. The van der Waals surface area contributed by atoms with Gasteiger partial charge in [0.1, 0.15) is 5.82 Å². The van der Waals surface area contributed by atoms with E-state index in [1.807, 2.05) is 6.92 Å². The molecule has 0 spiro atoms. The molecule has 1 aliphatic rings. The van der Waals surface area contributed by atoms with Gasteiger partial charge in [0, 0.05) is 30.4 Å². The first-order chi connectivity index (χ1) is 16.1. The third-order valence-electron chi connectivity index (χ3n) is 6.16. The number of carbonyl (C=O) groups excluding carboxylic acids is 2. The predicted molar refractivity (Wildman–Crippen MR) is 130 cm³/mol. The summed E-state index contributed by atoms with van der Waals surface area (Å²) in [5.74, 6) is -1.18. The molecule has 0 aliphatic carbocycles. The highest BCUT2D eigenvalue weighted by atomic mass is 32.2. The molecule has 0 saturated carbocycles. The van der Waals surface area contributed by atoms with Crippen LogP contribution in [-0.2, 0) is 14.8 Å². The molecule has 9 heteroatoms. The highest BCUT2D eigenvalue weighted by molar-refractivity contribution is 7.92. The standard InChI is InChI=1S/C25H32FN3O4S/c1-4-5-13-27-24(30)20-11-10-18(3)29(16-20)25(31)19-7-6-8-21(14-19)28-34(32,33)22-12-9-17(2)23(26)15-22/h6-9,12,14-15,18,20,28H,4-5,10-11,13,16H2,1-3H3,(H,27,30). The van der Waals surface area contributed by atoms with Gasteiger partial charge in [-0.3, -0.25) is 14.3 Å².